The van der Waals surface area contributed by atoms with Crippen molar-refractivity contribution in [3.63, 3.8) is 0 Å². The van der Waals surface area contributed by atoms with Gasteiger partial charge in [-0.2, -0.15) is 0 Å². The fraction of sp³-hybridized carbons (Fsp3) is 0.481. The van der Waals surface area contributed by atoms with Gasteiger partial charge in [-0.25, -0.2) is 0 Å². The van der Waals surface area contributed by atoms with Crippen molar-refractivity contribution in [3.8, 4) is 11.5 Å². The van der Waals surface area contributed by atoms with E-state index in [1.807, 2.05) is 75.4 Å². The Labute approximate surface area is 202 Å². The number of hydrogen-bond donors (Lipinski definition) is 1. The molecule has 2 aromatic rings. The Hall–Kier alpha value is -2.42. The lowest BCUT2D eigenvalue weighted by Gasteiger charge is -2.28. The summed E-state index contributed by atoms with van der Waals surface area (Å²) in [7, 11) is 3.28. The van der Waals surface area contributed by atoms with Gasteiger partial charge in [-0.15, -0.1) is 0 Å². The average molecular weight is 473 g/mol. The van der Waals surface area contributed by atoms with Crippen LogP contribution in [-0.4, -0.2) is 56.1 Å². The molecular weight excluding hydrogens is 436 g/mol. The predicted molar refractivity (Wildman–Crippen MR) is 129 cm³/mol. The minimum Gasteiger partial charge on any atom is -0.497 e. The lowest BCUT2D eigenvalue weighted by molar-refractivity contribution is -0.163. The summed E-state index contributed by atoms with van der Waals surface area (Å²) in [6, 6.07) is 15.5. The summed E-state index contributed by atoms with van der Waals surface area (Å²) < 4.78 is 35.3. The topological polar surface area (TPSA) is 75.6 Å². The van der Waals surface area contributed by atoms with E-state index in [9.17, 15) is 5.11 Å². The first-order chi connectivity index (χ1) is 16.3. The molecule has 1 aliphatic rings. The second-order valence-corrected chi connectivity index (χ2v) is 8.66. The molecule has 7 heteroatoms. The molecule has 7 nitrogen and oxygen atoms in total. The SMILES string of the molecule is COc1ccc(CO[C@@H](C)[C@@H]2OC(C)(C)O[C@@H]2[C@@H](/C=C\CO)OCc2ccc(OC)cc2)cc1. The van der Waals surface area contributed by atoms with Crippen LogP contribution in [0.3, 0.4) is 0 Å². The molecule has 0 saturated carbocycles. The summed E-state index contributed by atoms with van der Waals surface area (Å²) >= 11 is 0. The van der Waals surface area contributed by atoms with E-state index in [2.05, 4.69) is 0 Å². The average Bonchev–Trinajstić information content (AvgIpc) is 3.18. The normalized spacial score (nSPS) is 21.5. The van der Waals surface area contributed by atoms with E-state index >= 15 is 0 Å². The Morgan fingerprint density at radius 2 is 1.35 bits per heavy atom. The second-order valence-electron chi connectivity index (χ2n) is 8.66. The molecule has 0 aromatic heterocycles. The molecule has 1 saturated heterocycles. The van der Waals surface area contributed by atoms with E-state index in [-0.39, 0.29) is 18.8 Å². The molecule has 3 rings (SSSR count). The lowest BCUT2D eigenvalue weighted by atomic mass is 10.0. The van der Waals surface area contributed by atoms with Crippen molar-refractivity contribution in [2.75, 3.05) is 20.8 Å². The van der Waals surface area contributed by atoms with E-state index in [1.54, 1.807) is 20.3 Å². The summed E-state index contributed by atoms with van der Waals surface area (Å²) in [6.45, 7) is 6.45. The minimum absolute atomic E-state index is 0.0897. The maximum Gasteiger partial charge on any atom is 0.164 e. The van der Waals surface area contributed by atoms with Gasteiger partial charge in [0.2, 0.25) is 0 Å². The quantitative estimate of drug-likeness (QED) is 0.463. The second kappa shape index (κ2) is 12.3. The van der Waals surface area contributed by atoms with Gasteiger partial charge in [-0.3, -0.25) is 0 Å². The molecule has 0 radical (unpaired) electrons. The van der Waals surface area contributed by atoms with Crippen LogP contribution in [0.1, 0.15) is 31.9 Å². The fourth-order valence-corrected chi connectivity index (χ4v) is 3.85. The third-order valence-electron chi connectivity index (χ3n) is 5.65. The zero-order valence-corrected chi connectivity index (χ0v) is 20.6. The van der Waals surface area contributed by atoms with Crippen LogP contribution >= 0.6 is 0 Å². The van der Waals surface area contributed by atoms with Gasteiger partial charge in [0.15, 0.2) is 5.79 Å². The number of hydrogen-bond acceptors (Lipinski definition) is 7. The molecule has 34 heavy (non-hydrogen) atoms. The highest BCUT2D eigenvalue weighted by atomic mass is 16.8. The Morgan fingerprint density at radius 1 is 0.853 bits per heavy atom. The van der Waals surface area contributed by atoms with Crippen molar-refractivity contribution in [1.82, 2.24) is 0 Å². The maximum absolute atomic E-state index is 9.36. The first-order valence-corrected chi connectivity index (χ1v) is 11.5. The molecule has 1 fully saturated rings. The van der Waals surface area contributed by atoms with Crippen LogP contribution in [0.25, 0.3) is 0 Å². The van der Waals surface area contributed by atoms with E-state index < -0.39 is 18.0 Å². The molecule has 0 bridgehead atoms. The summed E-state index contributed by atoms with van der Waals surface area (Å²) in [5.41, 5.74) is 2.04. The third-order valence-corrected chi connectivity index (χ3v) is 5.65. The summed E-state index contributed by atoms with van der Waals surface area (Å²) in [6.07, 6.45) is 2.01. The minimum atomic E-state index is -0.790. The van der Waals surface area contributed by atoms with E-state index in [0.29, 0.717) is 13.2 Å². The molecule has 1 heterocycles. The molecule has 2 aromatic carbocycles. The van der Waals surface area contributed by atoms with Gasteiger partial charge in [0.1, 0.15) is 29.8 Å². The Balaban J connectivity index is 1.69. The monoisotopic (exact) mass is 472 g/mol. The van der Waals surface area contributed by atoms with Crippen LogP contribution in [-0.2, 0) is 32.2 Å². The Morgan fingerprint density at radius 3 is 1.85 bits per heavy atom. The molecule has 0 unspecified atom stereocenters. The molecule has 1 aliphatic heterocycles. The zero-order chi connectivity index (χ0) is 24.6. The van der Waals surface area contributed by atoms with Gasteiger partial charge in [0.25, 0.3) is 0 Å². The number of aliphatic hydroxyl groups is 1. The molecule has 0 spiro atoms. The van der Waals surface area contributed by atoms with Crippen LogP contribution < -0.4 is 9.47 Å². The van der Waals surface area contributed by atoms with Crippen molar-refractivity contribution in [2.45, 2.75) is 64.2 Å². The molecule has 1 N–H and O–H groups in total. The number of benzene rings is 2. The van der Waals surface area contributed by atoms with Crippen LogP contribution in [0.2, 0.25) is 0 Å². The highest BCUT2D eigenvalue weighted by molar-refractivity contribution is 5.27. The number of aliphatic hydroxyl groups excluding tert-OH is 1. The molecule has 0 amide bonds. The van der Waals surface area contributed by atoms with Crippen LogP contribution in [0.15, 0.2) is 60.7 Å². The summed E-state index contributed by atoms with van der Waals surface area (Å²) in [5, 5.41) is 9.36. The van der Waals surface area contributed by atoms with Crippen LogP contribution in [0.5, 0.6) is 11.5 Å². The third kappa shape index (κ3) is 7.29. The fourth-order valence-electron chi connectivity index (χ4n) is 3.85. The number of ether oxygens (including phenoxy) is 6. The van der Waals surface area contributed by atoms with Crippen molar-refractivity contribution < 1.29 is 33.5 Å². The van der Waals surface area contributed by atoms with Gasteiger partial charge >= 0.3 is 0 Å². The molecular formula is C27H36O7. The van der Waals surface area contributed by atoms with Gasteiger partial charge in [0.05, 0.1) is 40.1 Å². The number of methoxy groups -OCH3 is 2. The van der Waals surface area contributed by atoms with Crippen molar-refractivity contribution >= 4 is 0 Å². The lowest BCUT2D eigenvalue weighted by Crippen LogP contribution is -2.42. The van der Waals surface area contributed by atoms with Crippen molar-refractivity contribution in [3.05, 3.63) is 71.8 Å². The summed E-state index contributed by atoms with van der Waals surface area (Å²) in [4.78, 5) is 0. The van der Waals surface area contributed by atoms with E-state index in [4.69, 9.17) is 28.4 Å². The van der Waals surface area contributed by atoms with Crippen LogP contribution in [0, 0.1) is 0 Å². The van der Waals surface area contributed by atoms with Crippen LogP contribution in [0.4, 0.5) is 0 Å². The first-order valence-electron chi connectivity index (χ1n) is 11.5. The Bertz CT molecular complexity index is 892. The molecule has 0 aliphatic carbocycles. The van der Waals surface area contributed by atoms with Gasteiger partial charge in [-0.05, 0) is 56.2 Å². The molecule has 186 valence electrons. The summed E-state index contributed by atoms with van der Waals surface area (Å²) in [5.74, 6) is 0.804. The smallest absolute Gasteiger partial charge is 0.164 e. The Kier molecular flexibility index (Phi) is 9.50. The maximum atomic E-state index is 9.36. The van der Waals surface area contributed by atoms with Crippen molar-refractivity contribution in [2.24, 2.45) is 0 Å². The van der Waals surface area contributed by atoms with E-state index in [0.717, 1.165) is 22.6 Å². The van der Waals surface area contributed by atoms with Gasteiger partial charge < -0.3 is 33.5 Å². The number of rotatable bonds is 12. The highest BCUT2D eigenvalue weighted by Gasteiger charge is 2.47. The predicted octanol–water partition coefficient (Wildman–Crippen LogP) is 4.26. The highest BCUT2D eigenvalue weighted by Crippen LogP contribution is 2.34. The van der Waals surface area contributed by atoms with E-state index in [1.165, 1.54) is 0 Å². The van der Waals surface area contributed by atoms with Gasteiger partial charge in [-0.1, -0.05) is 36.4 Å². The molecule has 4 atom stereocenters. The van der Waals surface area contributed by atoms with Crippen molar-refractivity contribution in [1.29, 1.82) is 0 Å². The first kappa shape index (κ1) is 26.2. The van der Waals surface area contributed by atoms with Gasteiger partial charge in [0, 0.05) is 0 Å². The zero-order valence-electron chi connectivity index (χ0n) is 20.6. The standard InChI is InChI=1S/C27H36O7/c1-19(31-17-20-8-12-22(29-4)13-9-20)25-26(34-27(2,3)33-25)24(7-6-16-28)32-18-21-10-14-23(30-5)15-11-21/h6-15,19,24-26,28H,16-18H2,1-5H3/b7-6-/t19-,24+,25-,26+/m0/s1. The largest absolute Gasteiger partial charge is 0.497 e.